The van der Waals surface area contributed by atoms with Gasteiger partial charge in [0.15, 0.2) is 5.79 Å². The van der Waals surface area contributed by atoms with E-state index in [1.54, 1.807) is 6.20 Å². The zero-order valence-electron chi connectivity index (χ0n) is 11.0. The van der Waals surface area contributed by atoms with Gasteiger partial charge >= 0.3 is 0 Å². The summed E-state index contributed by atoms with van der Waals surface area (Å²) >= 11 is 0. The Morgan fingerprint density at radius 3 is 2.63 bits per heavy atom. The van der Waals surface area contributed by atoms with Crippen LogP contribution in [0.25, 0.3) is 0 Å². The lowest BCUT2D eigenvalue weighted by Crippen LogP contribution is -2.47. The number of likely N-dealkylation sites (tertiary alicyclic amines) is 1. The molecule has 1 aromatic heterocycles. The van der Waals surface area contributed by atoms with Crippen LogP contribution < -0.4 is 0 Å². The van der Waals surface area contributed by atoms with Crippen LogP contribution in [0.4, 0.5) is 0 Å². The largest absolute Gasteiger partial charge is 0.347 e. The molecule has 2 aliphatic rings. The SMILES string of the molecule is Cc1ncncc1C(=O)N1CCC2(CC1)OCCO2. The molecule has 0 unspecified atom stereocenters. The minimum absolute atomic E-state index is 0.00838. The van der Waals surface area contributed by atoms with Gasteiger partial charge in [-0.05, 0) is 6.92 Å². The van der Waals surface area contributed by atoms with Crippen molar-refractivity contribution in [3.8, 4) is 0 Å². The van der Waals surface area contributed by atoms with E-state index in [-0.39, 0.29) is 5.91 Å². The molecule has 0 N–H and O–H groups in total. The molecule has 6 nitrogen and oxygen atoms in total. The predicted molar refractivity (Wildman–Crippen MR) is 66.5 cm³/mol. The van der Waals surface area contributed by atoms with Crippen molar-refractivity contribution in [1.29, 1.82) is 0 Å². The van der Waals surface area contributed by atoms with Crippen LogP contribution in [0, 0.1) is 6.92 Å². The number of aromatic nitrogens is 2. The smallest absolute Gasteiger partial charge is 0.257 e. The second kappa shape index (κ2) is 4.86. The third-order valence-electron chi connectivity index (χ3n) is 3.77. The van der Waals surface area contributed by atoms with Crippen LogP contribution in [0.1, 0.15) is 28.9 Å². The molecule has 3 rings (SSSR count). The first kappa shape index (κ1) is 12.5. The summed E-state index contributed by atoms with van der Waals surface area (Å²) in [6, 6.07) is 0. The Morgan fingerprint density at radius 1 is 1.32 bits per heavy atom. The van der Waals surface area contributed by atoms with Crippen molar-refractivity contribution in [2.45, 2.75) is 25.6 Å². The van der Waals surface area contributed by atoms with E-state index < -0.39 is 5.79 Å². The molecular formula is C13H17N3O3. The minimum atomic E-state index is -0.445. The van der Waals surface area contributed by atoms with Gasteiger partial charge in [0.1, 0.15) is 6.33 Å². The standard InChI is InChI=1S/C13H17N3O3/c1-10-11(8-14-9-15-10)12(17)16-4-2-13(3-5-16)18-6-7-19-13/h8-9H,2-7H2,1H3. The maximum Gasteiger partial charge on any atom is 0.257 e. The zero-order valence-corrected chi connectivity index (χ0v) is 11.0. The quantitative estimate of drug-likeness (QED) is 0.748. The number of nitrogens with zero attached hydrogens (tertiary/aromatic N) is 3. The Kier molecular flexibility index (Phi) is 3.20. The molecule has 0 saturated carbocycles. The van der Waals surface area contributed by atoms with Crippen LogP contribution in [-0.4, -0.2) is 52.9 Å². The van der Waals surface area contributed by atoms with E-state index in [9.17, 15) is 4.79 Å². The molecule has 1 spiro atoms. The second-order valence-corrected chi connectivity index (χ2v) is 4.92. The Balaban J connectivity index is 1.68. The molecule has 19 heavy (non-hydrogen) atoms. The summed E-state index contributed by atoms with van der Waals surface area (Å²) in [7, 11) is 0. The zero-order chi connectivity index (χ0) is 13.3. The normalized spacial score (nSPS) is 21.8. The number of rotatable bonds is 1. The van der Waals surface area contributed by atoms with Gasteiger partial charge in [-0.1, -0.05) is 0 Å². The summed E-state index contributed by atoms with van der Waals surface area (Å²) in [5.41, 5.74) is 1.29. The van der Waals surface area contributed by atoms with E-state index >= 15 is 0 Å². The average molecular weight is 263 g/mol. The fraction of sp³-hybridized carbons (Fsp3) is 0.615. The van der Waals surface area contributed by atoms with Crippen LogP contribution in [0.3, 0.4) is 0 Å². The van der Waals surface area contributed by atoms with Crippen molar-refractivity contribution in [2.24, 2.45) is 0 Å². The molecule has 6 heteroatoms. The van der Waals surface area contributed by atoms with E-state index in [1.807, 2.05) is 11.8 Å². The van der Waals surface area contributed by atoms with Gasteiger partial charge in [0.05, 0.1) is 24.5 Å². The molecule has 2 fully saturated rings. The summed E-state index contributed by atoms with van der Waals surface area (Å²) < 4.78 is 11.3. The molecule has 0 aliphatic carbocycles. The van der Waals surface area contributed by atoms with Crippen LogP contribution >= 0.6 is 0 Å². The van der Waals surface area contributed by atoms with Gasteiger partial charge in [0, 0.05) is 32.1 Å². The van der Waals surface area contributed by atoms with Crippen LogP contribution in [0.15, 0.2) is 12.5 Å². The van der Waals surface area contributed by atoms with Crippen LogP contribution in [0.5, 0.6) is 0 Å². The lowest BCUT2D eigenvalue weighted by molar-refractivity contribution is -0.181. The molecule has 3 heterocycles. The van der Waals surface area contributed by atoms with Gasteiger partial charge < -0.3 is 14.4 Å². The van der Waals surface area contributed by atoms with Crippen molar-refractivity contribution < 1.29 is 14.3 Å². The fourth-order valence-electron chi connectivity index (χ4n) is 2.61. The molecule has 0 radical (unpaired) electrons. The van der Waals surface area contributed by atoms with E-state index in [1.165, 1.54) is 6.33 Å². The number of piperidine rings is 1. The number of carbonyl (C=O) groups excluding carboxylic acids is 1. The number of aryl methyl sites for hydroxylation is 1. The van der Waals surface area contributed by atoms with Gasteiger partial charge in [0.25, 0.3) is 5.91 Å². The Labute approximate surface area is 111 Å². The highest BCUT2D eigenvalue weighted by Crippen LogP contribution is 2.31. The molecule has 2 aliphatic heterocycles. The van der Waals surface area contributed by atoms with Gasteiger partial charge in [-0.15, -0.1) is 0 Å². The number of hydrogen-bond donors (Lipinski definition) is 0. The van der Waals surface area contributed by atoms with E-state index in [4.69, 9.17) is 9.47 Å². The number of ether oxygens (including phenoxy) is 2. The maximum absolute atomic E-state index is 12.4. The van der Waals surface area contributed by atoms with Gasteiger partial charge in [-0.2, -0.15) is 0 Å². The Bertz CT molecular complexity index is 476. The summed E-state index contributed by atoms with van der Waals surface area (Å²) in [6.45, 7) is 4.42. The highest BCUT2D eigenvalue weighted by atomic mass is 16.7. The summed E-state index contributed by atoms with van der Waals surface area (Å²) in [5, 5.41) is 0. The summed E-state index contributed by atoms with van der Waals surface area (Å²) in [6.07, 6.45) is 4.49. The van der Waals surface area contributed by atoms with E-state index in [0.717, 1.165) is 12.8 Å². The average Bonchev–Trinajstić information content (AvgIpc) is 2.88. The molecule has 0 bridgehead atoms. The number of hydrogen-bond acceptors (Lipinski definition) is 5. The Hall–Kier alpha value is -1.53. The van der Waals surface area contributed by atoms with Crippen molar-refractivity contribution in [3.05, 3.63) is 23.8 Å². The number of amides is 1. The van der Waals surface area contributed by atoms with Crippen molar-refractivity contribution in [3.63, 3.8) is 0 Å². The molecule has 0 atom stereocenters. The summed E-state index contributed by atoms with van der Waals surface area (Å²) in [4.78, 5) is 22.2. The number of carbonyl (C=O) groups is 1. The highest BCUT2D eigenvalue weighted by molar-refractivity contribution is 5.94. The first-order valence-corrected chi connectivity index (χ1v) is 6.54. The molecular weight excluding hydrogens is 246 g/mol. The van der Waals surface area contributed by atoms with Crippen molar-refractivity contribution >= 4 is 5.91 Å². The van der Waals surface area contributed by atoms with Crippen molar-refractivity contribution in [2.75, 3.05) is 26.3 Å². The van der Waals surface area contributed by atoms with E-state index in [2.05, 4.69) is 9.97 Å². The predicted octanol–water partition coefficient (Wildman–Crippen LogP) is 0.764. The molecule has 2 saturated heterocycles. The topological polar surface area (TPSA) is 64.6 Å². The van der Waals surface area contributed by atoms with Gasteiger partial charge in [-0.25, -0.2) is 9.97 Å². The minimum Gasteiger partial charge on any atom is -0.347 e. The highest BCUT2D eigenvalue weighted by Gasteiger charge is 2.41. The fourth-order valence-corrected chi connectivity index (χ4v) is 2.61. The third kappa shape index (κ3) is 2.33. The van der Waals surface area contributed by atoms with Gasteiger partial charge in [-0.3, -0.25) is 4.79 Å². The van der Waals surface area contributed by atoms with Crippen LogP contribution in [-0.2, 0) is 9.47 Å². The lowest BCUT2D eigenvalue weighted by Gasteiger charge is -2.37. The maximum atomic E-state index is 12.4. The van der Waals surface area contributed by atoms with Crippen LogP contribution in [0.2, 0.25) is 0 Å². The Morgan fingerprint density at radius 2 is 2.00 bits per heavy atom. The third-order valence-corrected chi connectivity index (χ3v) is 3.77. The second-order valence-electron chi connectivity index (χ2n) is 4.92. The monoisotopic (exact) mass is 263 g/mol. The first-order valence-electron chi connectivity index (χ1n) is 6.54. The molecule has 1 aromatic rings. The van der Waals surface area contributed by atoms with Gasteiger partial charge in [0.2, 0.25) is 0 Å². The van der Waals surface area contributed by atoms with Crippen molar-refractivity contribution in [1.82, 2.24) is 14.9 Å². The molecule has 102 valence electrons. The van der Waals surface area contributed by atoms with E-state index in [0.29, 0.717) is 37.6 Å². The summed E-state index contributed by atoms with van der Waals surface area (Å²) in [5.74, 6) is -0.454. The molecule has 1 amide bonds. The first-order chi connectivity index (χ1) is 9.20. The molecule has 0 aromatic carbocycles. The lowest BCUT2D eigenvalue weighted by atomic mass is 10.0.